The summed E-state index contributed by atoms with van der Waals surface area (Å²) < 4.78 is 12.7. The zero-order chi connectivity index (χ0) is 32.4. The molecule has 3 heterocycles. The number of amides is 3. The minimum atomic E-state index is -1.12. The van der Waals surface area contributed by atoms with Crippen LogP contribution in [0.3, 0.4) is 0 Å². The first-order valence-corrected chi connectivity index (χ1v) is 16.4. The van der Waals surface area contributed by atoms with Gasteiger partial charge in [-0.1, -0.05) is 55.8 Å². The predicted octanol–water partition coefficient (Wildman–Crippen LogP) is 3.71. The SMILES string of the molecule is C=CCCC(=O)NC[C@H](OC(=O)[C@@H]1[C@@H]2CC[C@]3(O2)[C@H](C(=O)N(CC=C)CCCC)N(CCCCCO)C(=O)[C@@H]13)c1ccccc1. The number of benzene rings is 1. The number of unbranched alkanes of at least 4 members (excludes halogenated alkanes) is 3. The molecule has 0 unspecified atom stereocenters. The highest BCUT2D eigenvalue weighted by Gasteiger charge is 2.75. The van der Waals surface area contributed by atoms with Crippen molar-refractivity contribution in [1.82, 2.24) is 15.1 Å². The number of nitrogens with one attached hydrogen (secondary N) is 1. The first kappa shape index (κ1) is 34.4. The van der Waals surface area contributed by atoms with E-state index < -0.39 is 41.7 Å². The van der Waals surface area contributed by atoms with Crippen molar-refractivity contribution in [3.05, 3.63) is 61.2 Å². The molecule has 1 spiro atoms. The number of nitrogens with zero attached hydrogens (tertiary/aromatic N) is 2. The van der Waals surface area contributed by atoms with Crippen molar-refractivity contribution < 1.29 is 33.8 Å². The number of hydrogen-bond acceptors (Lipinski definition) is 7. The molecule has 0 aliphatic carbocycles. The first-order chi connectivity index (χ1) is 21.8. The molecule has 45 heavy (non-hydrogen) atoms. The molecule has 1 aromatic carbocycles. The lowest BCUT2D eigenvalue weighted by molar-refractivity contribution is -0.160. The molecule has 10 nitrogen and oxygen atoms in total. The van der Waals surface area contributed by atoms with Crippen LogP contribution in [-0.2, 0) is 28.7 Å². The van der Waals surface area contributed by atoms with Crippen molar-refractivity contribution in [3.63, 3.8) is 0 Å². The molecule has 2 N–H and O–H groups in total. The van der Waals surface area contributed by atoms with Gasteiger partial charge in [0, 0.05) is 32.7 Å². The summed E-state index contributed by atoms with van der Waals surface area (Å²) in [4.78, 5) is 58.3. The van der Waals surface area contributed by atoms with Gasteiger partial charge in [-0.3, -0.25) is 19.2 Å². The van der Waals surface area contributed by atoms with E-state index >= 15 is 0 Å². The summed E-state index contributed by atoms with van der Waals surface area (Å²) in [6, 6.07) is 8.35. The van der Waals surface area contributed by atoms with Crippen LogP contribution in [0.4, 0.5) is 0 Å². The highest BCUT2D eigenvalue weighted by Crippen LogP contribution is 2.59. The third-order valence-electron chi connectivity index (χ3n) is 9.30. The highest BCUT2D eigenvalue weighted by atomic mass is 16.6. The Morgan fingerprint density at radius 1 is 1.18 bits per heavy atom. The van der Waals surface area contributed by atoms with Gasteiger partial charge in [0.1, 0.15) is 17.7 Å². The average Bonchev–Trinajstić information content (AvgIpc) is 3.69. The zero-order valence-corrected chi connectivity index (χ0v) is 26.5. The molecule has 0 radical (unpaired) electrons. The van der Waals surface area contributed by atoms with E-state index in [2.05, 4.69) is 25.4 Å². The van der Waals surface area contributed by atoms with Gasteiger partial charge in [0.25, 0.3) is 0 Å². The normalized spacial score (nSPS) is 25.5. The molecule has 3 aliphatic rings. The van der Waals surface area contributed by atoms with Gasteiger partial charge in [-0.2, -0.15) is 0 Å². The topological polar surface area (TPSA) is 125 Å². The summed E-state index contributed by atoms with van der Waals surface area (Å²) in [7, 11) is 0. The van der Waals surface area contributed by atoms with E-state index in [0.29, 0.717) is 58.2 Å². The van der Waals surface area contributed by atoms with E-state index in [0.717, 1.165) is 18.4 Å². The second-order valence-electron chi connectivity index (χ2n) is 12.3. The summed E-state index contributed by atoms with van der Waals surface area (Å²) in [5, 5.41) is 12.1. The maximum atomic E-state index is 14.3. The number of carbonyl (C=O) groups excluding carboxylic acids is 4. The molecule has 3 aliphatic heterocycles. The number of aliphatic hydroxyl groups is 1. The van der Waals surface area contributed by atoms with Crippen LogP contribution in [0.25, 0.3) is 0 Å². The fraction of sp³-hybridized carbons (Fsp3) is 0.600. The lowest BCUT2D eigenvalue weighted by Crippen LogP contribution is -2.56. The molecule has 3 fully saturated rings. The number of likely N-dealkylation sites (tertiary alicyclic amines) is 1. The highest BCUT2D eigenvalue weighted by molar-refractivity contribution is 5.98. The second-order valence-corrected chi connectivity index (χ2v) is 12.3. The van der Waals surface area contributed by atoms with E-state index in [4.69, 9.17) is 9.47 Å². The van der Waals surface area contributed by atoms with Crippen molar-refractivity contribution in [3.8, 4) is 0 Å². The summed E-state index contributed by atoms with van der Waals surface area (Å²) >= 11 is 0. The van der Waals surface area contributed by atoms with Crippen LogP contribution in [-0.4, -0.2) is 89.1 Å². The van der Waals surface area contributed by atoms with Crippen molar-refractivity contribution in [2.75, 3.05) is 32.8 Å². The molecular weight excluding hydrogens is 574 g/mol. The molecule has 3 amide bonds. The third kappa shape index (κ3) is 7.49. The molecular formula is C35H49N3O7. The molecule has 3 saturated heterocycles. The molecule has 10 heteroatoms. The fourth-order valence-corrected chi connectivity index (χ4v) is 7.12. The maximum absolute atomic E-state index is 14.3. The Kier molecular flexibility index (Phi) is 12.4. The van der Waals surface area contributed by atoms with Gasteiger partial charge in [0.05, 0.1) is 24.5 Å². The number of rotatable bonds is 19. The smallest absolute Gasteiger partial charge is 0.313 e. The van der Waals surface area contributed by atoms with Crippen LogP contribution in [0.5, 0.6) is 0 Å². The average molecular weight is 624 g/mol. The van der Waals surface area contributed by atoms with Crippen LogP contribution < -0.4 is 5.32 Å². The van der Waals surface area contributed by atoms with Gasteiger partial charge in [0.2, 0.25) is 17.7 Å². The largest absolute Gasteiger partial charge is 0.455 e. The standard InChI is InChI=1S/C35H49N3O7/c1-4-7-17-28(40)36-24-27(25-15-11-9-12-16-25)44-34(43)29-26-18-19-35(45-26)30(29)32(41)38(22-13-10-14-23-39)31(35)33(42)37(20-6-3)21-8-5-2/h4,6,9,11-12,15-16,26-27,29-31,39H,1,3,5,7-8,10,13-14,17-24H2,2H3,(H,36,40)/t26-,27-,29+,30+,31-,35+/m0/s1. The molecule has 0 aromatic heterocycles. The molecule has 1 aromatic rings. The Hall–Kier alpha value is -3.50. The predicted molar refractivity (Wildman–Crippen MR) is 170 cm³/mol. The van der Waals surface area contributed by atoms with Gasteiger partial charge in [-0.25, -0.2) is 0 Å². The molecule has 6 atom stereocenters. The van der Waals surface area contributed by atoms with E-state index in [1.54, 1.807) is 22.0 Å². The van der Waals surface area contributed by atoms with E-state index in [1.807, 2.05) is 30.3 Å². The number of hydrogen-bond donors (Lipinski definition) is 2. The van der Waals surface area contributed by atoms with Crippen molar-refractivity contribution in [1.29, 1.82) is 0 Å². The number of aliphatic hydroxyl groups excluding tert-OH is 1. The Morgan fingerprint density at radius 2 is 1.96 bits per heavy atom. The summed E-state index contributed by atoms with van der Waals surface area (Å²) in [6.45, 7) is 10.9. The van der Waals surface area contributed by atoms with Crippen LogP contribution >= 0.6 is 0 Å². The molecule has 0 saturated carbocycles. The molecule has 246 valence electrons. The maximum Gasteiger partial charge on any atom is 0.313 e. The fourth-order valence-electron chi connectivity index (χ4n) is 7.12. The van der Waals surface area contributed by atoms with Crippen LogP contribution in [0.1, 0.15) is 76.4 Å². The van der Waals surface area contributed by atoms with Crippen molar-refractivity contribution >= 4 is 23.7 Å². The lowest BCUT2D eigenvalue weighted by Gasteiger charge is -2.37. The summed E-state index contributed by atoms with van der Waals surface area (Å²) in [6.07, 6.45) is 7.57. The third-order valence-corrected chi connectivity index (χ3v) is 9.30. The Morgan fingerprint density at radius 3 is 2.64 bits per heavy atom. The summed E-state index contributed by atoms with van der Waals surface area (Å²) in [5.74, 6) is -2.88. The number of esters is 1. The van der Waals surface area contributed by atoms with E-state index in [-0.39, 0.29) is 37.3 Å². The van der Waals surface area contributed by atoms with Crippen LogP contribution in [0, 0.1) is 11.8 Å². The van der Waals surface area contributed by atoms with Crippen molar-refractivity contribution in [2.24, 2.45) is 11.8 Å². The van der Waals surface area contributed by atoms with Crippen LogP contribution in [0.2, 0.25) is 0 Å². The van der Waals surface area contributed by atoms with Crippen molar-refractivity contribution in [2.45, 2.75) is 88.6 Å². The first-order valence-electron chi connectivity index (χ1n) is 16.4. The van der Waals surface area contributed by atoms with Crippen LogP contribution in [0.15, 0.2) is 55.6 Å². The summed E-state index contributed by atoms with van der Waals surface area (Å²) in [5.41, 5.74) is -0.396. The number of allylic oxidation sites excluding steroid dienone is 1. The monoisotopic (exact) mass is 623 g/mol. The minimum Gasteiger partial charge on any atom is -0.455 e. The number of carbonyl (C=O) groups is 4. The zero-order valence-electron chi connectivity index (χ0n) is 26.5. The second kappa shape index (κ2) is 16.2. The van der Waals surface area contributed by atoms with Gasteiger partial charge in [-0.05, 0) is 50.5 Å². The Bertz CT molecular complexity index is 1210. The number of fused-ring (bicyclic) bond motifs is 1. The van der Waals surface area contributed by atoms with Gasteiger partial charge < -0.3 is 29.7 Å². The van der Waals surface area contributed by atoms with Gasteiger partial charge in [-0.15, -0.1) is 13.2 Å². The van der Waals surface area contributed by atoms with Gasteiger partial charge >= 0.3 is 5.97 Å². The van der Waals surface area contributed by atoms with E-state index in [1.165, 1.54) is 0 Å². The lowest BCUT2D eigenvalue weighted by atomic mass is 9.70. The quantitative estimate of drug-likeness (QED) is 0.137. The number of ether oxygens (including phenoxy) is 2. The molecule has 2 bridgehead atoms. The minimum absolute atomic E-state index is 0.0585. The Balaban J connectivity index is 1.61. The van der Waals surface area contributed by atoms with Gasteiger partial charge in [0.15, 0.2) is 0 Å². The molecule has 4 rings (SSSR count). The van der Waals surface area contributed by atoms with E-state index in [9.17, 15) is 24.3 Å². The Labute approximate surface area is 266 Å².